The standard InChI is InChI=1S/C12H12O3S.Na/c1-8-5-10-3-4-12(16(13,14)15)7-11(10)6-9(8)2;/h3-7H,1-2H3,(H,13,14,15);/q;+1/p-1. The van der Waals surface area contributed by atoms with Crippen molar-refractivity contribution in [2.24, 2.45) is 0 Å². The van der Waals surface area contributed by atoms with Gasteiger partial charge in [0.05, 0.1) is 4.90 Å². The molecular formula is C12H11NaO3S. The molecule has 5 heteroatoms. The predicted molar refractivity (Wildman–Crippen MR) is 61.4 cm³/mol. The maximum Gasteiger partial charge on any atom is 1.00 e. The maximum atomic E-state index is 10.9. The number of hydrogen-bond donors (Lipinski definition) is 0. The largest absolute Gasteiger partial charge is 1.00 e. The van der Waals surface area contributed by atoms with Gasteiger partial charge in [-0.1, -0.05) is 18.2 Å². The van der Waals surface area contributed by atoms with Crippen LogP contribution in [0.1, 0.15) is 11.1 Å². The molecule has 2 aromatic rings. The Labute approximate surface area is 123 Å². The molecule has 84 valence electrons. The zero-order valence-electron chi connectivity index (χ0n) is 10.0. The summed E-state index contributed by atoms with van der Waals surface area (Å²) in [5.74, 6) is 0. The molecule has 2 aromatic carbocycles. The second-order valence-corrected chi connectivity index (χ2v) is 5.28. The minimum Gasteiger partial charge on any atom is -0.744 e. The van der Waals surface area contributed by atoms with Gasteiger partial charge in [0.2, 0.25) is 0 Å². The third-order valence-corrected chi connectivity index (χ3v) is 3.54. The van der Waals surface area contributed by atoms with E-state index < -0.39 is 10.1 Å². The van der Waals surface area contributed by atoms with Crippen LogP contribution < -0.4 is 29.6 Å². The topological polar surface area (TPSA) is 57.2 Å². The summed E-state index contributed by atoms with van der Waals surface area (Å²) in [6.45, 7) is 3.94. The predicted octanol–water partition coefficient (Wildman–Crippen LogP) is -0.635. The molecule has 0 bridgehead atoms. The fraction of sp³-hybridized carbons (Fsp3) is 0.167. The minimum atomic E-state index is -4.37. The molecule has 2 rings (SSSR count). The number of fused-ring (bicyclic) bond motifs is 1. The molecule has 0 saturated carbocycles. The van der Waals surface area contributed by atoms with Crippen molar-refractivity contribution in [3.8, 4) is 0 Å². The van der Waals surface area contributed by atoms with Gasteiger partial charge in [0.25, 0.3) is 0 Å². The summed E-state index contributed by atoms with van der Waals surface area (Å²) < 4.78 is 32.6. The average Bonchev–Trinajstić information content (AvgIpc) is 2.17. The van der Waals surface area contributed by atoms with Crippen molar-refractivity contribution in [2.75, 3.05) is 0 Å². The molecule has 0 radical (unpaired) electrons. The van der Waals surface area contributed by atoms with Crippen LogP contribution in [0.15, 0.2) is 35.2 Å². The molecule has 17 heavy (non-hydrogen) atoms. The van der Waals surface area contributed by atoms with Crippen molar-refractivity contribution in [3.05, 3.63) is 41.5 Å². The van der Waals surface area contributed by atoms with E-state index >= 15 is 0 Å². The van der Waals surface area contributed by atoms with E-state index in [2.05, 4.69) is 0 Å². The van der Waals surface area contributed by atoms with E-state index in [0.717, 1.165) is 21.9 Å². The molecule has 0 aliphatic carbocycles. The average molecular weight is 258 g/mol. The molecule has 0 unspecified atom stereocenters. The summed E-state index contributed by atoms with van der Waals surface area (Å²) in [5, 5.41) is 1.72. The van der Waals surface area contributed by atoms with Gasteiger partial charge >= 0.3 is 29.6 Å². The van der Waals surface area contributed by atoms with E-state index in [0.29, 0.717) is 0 Å². The molecule has 0 spiro atoms. The van der Waals surface area contributed by atoms with Crippen molar-refractivity contribution in [3.63, 3.8) is 0 Å². The van der Waals surface area contributed by atoms with Crippen LogP contribution in [-0.4, -0.2) is 13.0 Å². The van der Waals surface area contributed by atoms with Gasteiger partial charge in [0, 0.05) is 0 Å². The fourth-order valence-corrected chi connectivity index (χ4v) is 2.16. The van der Waals surface area contributed by atoms with Crippen LogP contribution >= 0.6 is 0 Å². The van der Waals surface area contributed by atoms with Gasteiger partial charge in [-0.3, -0.25) is 0 Å². The van der Waals surface area contributed by atoms with E-state index in [1.807, 2.05) is 26.0 Å². The number of aryl methyl sites for hydroxylation is 2. The van der Waals surface area contributed by atoms with Gasteiger partial charge in [-0.25, -0.2) is 8.42 Å². The van der Waals surface area contributed by atoms with Crippen molar-refractivity contribution in [2.45, 2.75) is 18.7 Å². The second-order valence-electron chi connectivity index (χ2n) is 3.90. The van der Waals surface area contributed by atoms with Crippen molar-refractivity contribution >= 4 is 20.9 Å². The Morgan fingerprint density at radius 2 is 1.47 bits per heavy atom. The summed E-state index contributed by atoms with van der Waals surface area (Å²) in [7, 11) is -4.37. The van der Waals surface area contributed by atoms with Crippen molar-refractivity contribution in [1.82, 2.24) is 0 Å². The molecule has 0 aliphatic rings. The van der Waals surface area contributed by atoms with E-state index in [1.165, 1.54) is 12.1 Å². The zero-order chi connectivity index (χ0) is 11.9. The first-order valence-corrected chi connectivity index (χ1v) is 6.26. The molecule has 0 fully saturated rings. The SMILES string of the molecule is Cc1cc2ccc(S(=O)(=O)[O-])cc2cc1C.[Na+]. The summed E-state index contributed by atoms with van der Waals surface area (Å²) in [5.41, 5.74) is 2.22. The van der Waals surface area contributed by atoms with E-state index in [4.69, 9.17) is 0 Å². The van der Waals surface area contributed by atoms with Gasteiger partial charge in [-0.2, -0.15) is 0 Å². The van der Waals surface area contributed by atoms with Crippen LogP contribution in [0.3, 0.4) is 0 Å². The minimum absolute atomic E-state index is 0. The van der Waals surface area contributed by atoms with E-state index in [9.17, 15) is 13.0 Å². The van der Waals surface area contributed by atoms with E-state index in [-0.39, 0.29) is 34.5 Å². The summed E-state index contributed by atoms with van der Waals surface area (Å²) in [6, 6.07) is 8.29. The quantitative estimate of drug-likeness (QED) is 0.505. The Hall–Kier alpha value is -0.390. The molecule has 0 atom stereocenters. The Morgan fingerprint density at radius 1 is 0.941 bits per heavy atom. The summed E-state index contributed by atoms with van der Waals surface area (Å²) >= 11 is 0. The summed E-state index contributed by atoms with van der Waals surface area (Å²) in [6.07, 6.45) is 0. The van der Waals surface area contributed by atoms with Crippen LogP contribution in [-0.2, 0) is 10.1 Å². The van der Waals surface area contributed by atoms with Crippen molar-refractivity contribution in [1.29, 1.82) is 0 Å². The van der Waals surface area contributed by atoms with Crippen molar-refractivity contribution < 1.29 is 42.5 Å². The number of benzene rings is 2. The molecule has 0 aliphatic heterocycles. The van der Waals surface area contributed by atoms with Crippen LogP contribution in [0.5, 0.6) is 0 Å². The Kier molecular flexibility index (Phi) is 4.38. The smallest absolute Gasteiger partial charge is 0.744 e. The Balaban J connectivity index is 0.00000144. The monoisotopic (exact) mass is 258 g/mol. The zero-order valence-corrected chi connectivity index (χ0v) is 12.8. The normalized spacial score (nSPS) is 11.2. The van der Waals surface area contributed by atoms with Crippen LogP contribution in [0, 0.1) is 13.8 Å². The molecule has 0 N–H and O–H groups in total. The van der Waals surface area contributed by atoms with Crippen LogP contribution in [0.4, 0.5) is 0 Å². The van der Waals surface area contributed by atoms with Gasteiger partial charge in [-0.05, 0) is 47.9 Å². The maximum absolute atomic E-state index is 10.9. The van der Waals surface area contributed by atoms with Crippen LogP contribution in [0.25, 0.3) is 10.8 Å². The van der Waals surface area contributed by atoms with Gasteiger partial charge in [0.15, 0.2) is 0 Å². The first-order valence-electron chi connectivity index (χ1n) is 4.85. The van der Waals surface area contributed by atoms with Crippen LogP contribution in [0.2, 0.25) is 0 Å². The third-order valence-electron chi connectivity index (χ3n) is 2.71. The summed E-state index contributed by atoms with van der Waals surface area (Å²) in [4.78, 5) is -0.178. The second kappa shape index (κ2) is 5.08. The third kappa shape index (κ3) is 3.09. The van der Waals surface area contributed by atoms with Gasteiger partial charge in [-0.15, -0.1) is 0 Å². The van der Waals surface area contributed by atoms with Gasteiger partial charge < -0.3 is 4.55 Å². The molecule has 0 heterocycles. The van der Waals surface area contributed by atoms with E-state index in [1.54, 1.807) is 6.07 Å². The first kappa shape index (κ1) is 14.7. The number of hydrogen-bond acceptors (Lipinski definition) is 3. The molecule has 0 amide bonds. The molecule has 0 saturated heterocycles. The first-order chi connectivity index (χ1) is 7.38. The fourth-order valence-electron chi connectivity index (χ4n) is 1.66. The molecule has 0 aromatic heterocycles. The Bertz CT molecular complexity index is 663. The molecule has 3 nitrogen and oxygen atoms in total. The molecular weight excluding hydrogens is 247 g/mol. The number of rotatable bonds is 1. The Morgan fingerprint density at radius 3 is 2.00 bits per heavy atom. The van der Waals surface area contributed by atoms with Gasteiger partial charge in [0.1, 0.15) is 10.1 Å².